The monoisotopic (exact) mass is 288 g/mol. The first-order valence-electron chi connectivity index (χ1n) is 6.41. The van der Waals surface area contributed by atoms with E-state index in [0.29, 0.717) is 11.6 Å². The van der Waals surface area contributed by atoms with Crippen molar-refractivity contribution >= 4 is 23.0 Å². The highest BCUT2D eigenvalue weighted by atomic mass is 35.5. The van der Waals surface area contributed by atoms with Crippen LogP contribution < -0.4 is 4.90 Å². The zero-order valence-corrected chi connectivity index (χ0v) is 11.5. The lowest BCUT2D eigenvalue weighted by atomic mass is 10.1. The number of nitrogens with zero attached hydrogens (tertiary/aromatic N) is 2. The van der Waals surface area contributed by atoms with Crippen LogP contribution in [0.15, 0.2) is 42.5 Å². The molecule has 0 bridgehead atoms. The van der Waals surface area contributed by atoms with E-state index in [2.05, 4.69) is 17.0 Å². The van der Waals surface area contributed by atoms with E-state index in [9.17, 15) is 10.1 Å². The Morgan fingerprint density at radius 3 is 2.80 bits per heavy atom. The van der Waals surface area contributed by atoms with E-state index >= 15 is 0 Å². The number of anilines is 1. The number of hydrogen-bond donors (Lipinski definition) is 0. The van der Waals surface area contributed by atoms with Gasteiger partial charge in [-0.2, -0.15) is 0 Å². The van der Waals surface area contributed by atoms with Crippen molar-refractivity contribution in [3.63, 3.8) is 0 Å². The van der Waals surface area contributed by atoms with E-state index in [1.54, 1.807) is 6.07 Å². The fourth-order valence-electron chi connectivity index (χ4n) is 2.55. The molecule has 1 heterocycles. The van der Waals surface area contributed by atoms with Gasteiger partial charge in [0.15, 0.2) is 0 Å². The minimum absolute atomic E-state index is 0.0283. The first kappa shape index (κ1) is 12.9. The second-order valence-corrected chi connectivity index (χ2v) is 5.24. The van der Waals surface area contributed by atoms with Gasteiger partial charge in [0.2, 0.25) is 0 Å². The maximum atomic E-state index is 10.7. The van der Waals surface area contributed by atoms with Crippen LogP contribution in [-0.4, -0.2) is 11.5 Å². The van der Waals surface area contributed by atoms with Crippen LogP contribution in [0, 0.1) is 10.1 Å². The molecule has 0 fully saturated rings. The van der Waals surface area contributed by atoms with Gasteiger partial charge in [-0.05, 0) is 29.7 Å². The average molecular weight is 289 g/mol. The van der Waals surface area contributed by atoms with Gasteiger partial charge in [0.05, 0.1) is 9.95 Å². The van der Waals surface area contributed by atoms with Crippen molar-refractivity contribution in [3.05, 3.63) is 68.7 Å². The van der Waals surface area contributed by atoms with Crippen molar-refractivity contribution < 1.29 is 4.92 Å². The van der Waals surface area contributed by atoms with Gasteiger partial charge in [0.25, 0.3) is 5.69 Å². The summed E-state index contributed by atoms with van der Waals surface area (Å²) in [5.74, 6) is 0. The highest BCUT2D eigenvalue weighted by Crippen LogP contribution is 2.31. The smallest absolute Gasteiger partial charge is 0.270 e. The molecule has 0 aliphatic carbocycles. The Labute approximate surface area is 121 Å². The molecule has 0 unspecified atom stereocenters. The summed E-state index contributed by atoms with van der Waals surface area (Å²) in [5.41, 5.74) is 3.50. The van der Waals surface area contributed by atoms with Crippen molar-refractivity contribution in [2.75, 3.05) is 11.4 Å². The Hall–Kier alpha value is -2.07. The van der Waals surface area contributed by atoms with Crippen molar-refractivity contribution in [2.24, 2.45) is 0 Å². The Morgan fingerprint density at radius 2 is 2.05 bits per heavy atom. The van der Waals surface area contributed by atoms with E-state index in [1.165, 1.54) is 23.4 Å². The second-order valence-electron chi connectivity index (χ2n) is 4.83. The number of nitro benzene ring substituents is 1. The van der Waals surface area contributed by atoms with E-state index in [-0.39, 0.29) is 5.69 Å². The molecular weight excluding hydrogens is 276 g/mol. The summed E-state index contributed by atoms with van der Waals surface area (Å²) >= 11 is 6.15. The van der Waals surface area contributed by atoms with Crippen molar-refractivity contribution in [1.29, 1.82) is 0 Å². The molecular formula is C15H13ClN2O2. The molecule has 4 nitrogen and oxygen atoms in total. The Balaban J connectivity index is 1.84. The van der Waals surface area contributed by atoms with Gasteiger partial charge < -0.3 is 4.90 Å². The Bertz CT molecular complexity index is 673. The molecule has 0 aromatic heterocycles. The third-order valence-corrected chi connectivity index (χ3v) is 3.94. The third-order valence-electron chi connectivity index (χ3n) is 3.59. The molecule has 2 aromatic carbocycles. The summed E-state index contributed by atoms with van der Waals surface area (Å²) in [7, 11) is 0. The topological polar surface area (TPSA) is 46.4 Å². The summed E-state index contributed by atoms with van der Waals surface area (Å²) in [6.07, 6.45) is 1.03. The SMILES string of the molecule is O=[N+]([O-])c1ccc(CN2CCc3ccccc32)c(Cl)c1. The maximum absolute atomic E-state index is 10.7. The van der Waals surface area contributed by atoms with Crippen LogP contribution in [-0.2, 0) is 13.0 Å². The van der Waals surface area contributed by atoms with Crippen molar-refractivity contribution in [1.82, 2.24) is 0 Å². The molecule has 0 saturated carbocycles. The Morgan fingerprint density at radius 1 is 1.25 bits per heavy atom. The number of para-hydroxylation sites is 1. The number of non-ortho nitro benzene ring substituents is 1. The number of fused-ring (bicyclic) bond motifs is 1. The molecule has 0 saturated heterocycles. The molecule has 20 heavy (non-hydrogen) atoms. The molecule has 0 spiro atoms. The number of nitro groups is 1. The predicted molar refractivity (Wildman–Crippen MR) is 79.3 cm³/mol. The van der Waals surface area contributed by atoms with Crippen LogP contribution >= 0.6 is 11.6 Å². The number of hydrogen-bond acceptors (Lipinski definition) is 3. The number of rotatable bonds is 3. The lowest BCUT2D eigenvalue weighted by Crippen LogP contribution is -2.19. The summed E-state index contributed by atoms with van der Waals surface area (Å²) < 4.78 is 0. The molecule has 2 aromatic rings. The van der Waals surface area contributed by atoms with Gasteiger partial charge in [0, 0.05) is 30.9 Å². The van der Waals surface area contributed by atoms with E-state index < -0.39 is 4.92 Å². The normalized spacial score (nSPS) is 13.3. The van der Waals surface area contributed by atoms with Gasteiger partial charge in [-0.1, -0.05) is 29.8 Å². The maximum Gasteiger partial charge on any atom is 0.270 e. The molecule has 0 amide bonds. The molecule has 5 heteroatoms. The quantitative estimate of drug-likeness (QED) is 0.637. The molecule has 0 atom stereocenters. The molecule has 0 radical (unpaired) electrons. The summed E-state index contributed by atoms with van der Waals surface area (Å²) in [6.45, 7) is 1.63. The van der Waals surface area contributed by atoms with E-state index in [0.717, 1.165) is 18.5 Å². The van der Waals surface area contributed by atoms with Gasteiger partial charge in [-0.25, -0.2) is 0 Å². The average Bonchev–Trinajstić information content (AvgIpc) is 2.84. The predicted octanol–water partition coefficient (Wildman–Crippen LogP) is 3.81. The van der Waals surface area contributed by atoms with Gasteiger partial charge >= 0.3 is 0 Å². The Kier molecular flexibility index (Phi) is 3.32. The van der Waals surface area contributed by atoms with Crippen molar-refractivity contribution in [3.8, 4) is 0 Å². The van der Waals surface area contributed by atoms with E-state index in [4.69, 9.17) is 11.6 Å². The van der Waals surface area contributed by atoms with Crippen LogP contribution in [0.4, 0.5) is 11.4 Å². The molecule has 1 aliphatic rings. The van der Waals surface area contributed by atoms with E-state index in [1.807, 2.05) is 12.1 Å². The minimum atomic E-state index is -0.430. The van der Waals surface area contributed by atoms with Crippen LogP contribution in [0.5, 0.6) is 0 Å². The zero-order valence-electron chi connectivity index (χ0n) is 10.8. The fraction of sp³-hybridized carbons (Fsp3) is 0.200. The van der Waals surface area contributed by atoms with Crippen molar-refractivity contribution in [2.45, 2.75) is 13.0 Å². The molecule has 3 rings (SSSR count). The van der Waals surface area contributed by atoms with Crippen LogP contribution in [0.3, 0.4) is 0 Å². The third kappa shape index (κ3) is 2.34. The van der Waals surface area contributed by atoms with Crippen LogP contribution in [0.1, 0.15) is 11.1 Å². The lowest BCUT2D eigenvalue weighted by Gasteiger charge is -2.20. The summed E-state index contributed by atoms with van der Waals surface area (Å²) in [5, 5.41) is 11.2. The highest BCUT2D eigenvalue weighted by Gasteiger charge is 2.19. The standard InChI is InChI=1S/C15H13ClN2O2/c16-14-9-13(18(19)20)6-5-12(14)10-17-8-7-11-3-1-2-4-15(11)17/h1-6,9H,7-8,10H2. The minimum Gasteiger partial charge on any atom is -0.367 e. The lowest BCUT2D eigenvalue weighted by molar-refractivity contribution is -0.384. The molecule has 0 N–H and O–H groups in total. The second kappa shape index (κ2) is 5.13. The zero-order chi connectivity index (χ0) is 14.1. The van der Waals surface area contributed by atoms with Crippen LogP contribution in [0.2, 0.25) is 5.02 Å². The summed E-state index contributed by atoms with van der Waals surface area (Å²) in [6, 6.07) is 13.0. The molecule has 1 aliphatic heterocycles. The molecule has 102 valence electrons. The number of benzene rings is 2. The number of halogens is 1. The van der Waals surface area contributed by atoms with Gasteiger partial charge in [0.1, 0.15) is 0 Å². The first-order valence-corrected chi connectivity index (χ1v) is 6.78. The summed E-state index contributed by atoms with van der Waals surface area (Å²) in [4.78, 5) is 12.5. The van der Waals surface area contributed by atoms with Crippen LogP contribution in [0.25, 0.3) is 0 Å². The van der Waals surface area contributed by atoms with Gasteiger partial charge in [-0.3, -0.25) is 10.1 Å². The fourth-order valence-corrected chi connectivity index (χ4v) is 2.79. The van der Waals surface area contributed by atoms with Gasteiger partial charge in [-0.15, -0.1) is 0 Å². The first-order chi connectivity index (χ1) is 9.65. The highest BCUT2D eigenvalue weighted by molar-refractivity contribution is 6.31. The largest absolute Gasteiger partial charge is 0.367 e.